The number of aromatic nitrogens is 6. The molecule has 0 atom stereocenters. The fourth-order valence-corrected chi connectivity index (χ4v) is 4.21. The van der Waals surface area contributed by atoms with Gasteiger partial charge in [0, 0.05) is 50.1 Å². The number of hydrogen-bond donors (Lipinski definition) is 1. The van der Waals surface area contributed by atoms with Crippen LogP contribution in [0, 0.1) is 0 Å². The largest absolute Gasteiger partial charge is 0.494 e. The van der Waals surface area contributed by atoms with Gasteiger partial charge in [-0.3, -0.25) is 4.90 Å². The van der Waals surface area contributed by atoms with E-state index in [0.717, 1.165) is 43.8 Å². The van der Waals surface area contributed by atoms with E-state index in [4.69, 9.17) is 15.5 Å². The third-order valence-electron chi connectivity index (χ3n) is 5.72. The highest BCUT2D eigenvalue weighted by atomic mass is 16.5. The van der Waals surface area contributed by atoms with Crippen molar-refractivity contribution in [1.82, 2.24) is 34.0 Å². The second-order valence-electron chi connectivity index (χ2n) is 8.03. The molecule has 0 fully saturated rings. The van der Waals surface area contributed by atoms with Crippen LogP contribution in [0.25, 0.3) is 16.6 Å². The summed E-state index contributed by atoms with van der Waals surface area (Å²) in [6.07, 6.45) is 2.76. The molecule has 4 aromatic rings. The fourth-order valence-electron chi connectivity index (χ4n) is 4.21. The van der Waals surface area contributed by atoms with E-state index >= 15 is 0 Å². The van der Waals surface area contributed by atoms with Gasteiger partial charge in [0.05, 0.1) is 12.8 Å². The summed E-state index contributed by atoms with van der Waals surface area (Å²) in [5.41, 5.74) is 8.84. The lowest BCUT2D eigenvalue weighted by atomic mass is 10.2. The van der Waals surface area contributed by atoms with E-state index in [1.807, 2.05) is 24.4 Å². The number of benzene rings is 1. The SMILES string of the molecule is COc1cccc2c1nc(N)n1nc(CCN3CCn4c(cnc4C(C)C)C3)nc21. The predicted octanol–water partition coefficient (Wildman–Crippen LogP) is 2.25. The van der Waals surface area contributed by atoms with Crippen LogP contribution in [0.15, 0.2) is 24.4 Å². The molecule has 1 aliphatic rings. The van der Waals surface area contributed by atoms with Gasteiger partial charge in [-0.05, 0) is 12.1 Å². The van der Waals surface area contributed by atoms with Crippen LogP contribution in [0.2, 0.25) is 0 Å². The van der Waals surface area contributed by atoms with Crippen LogP contribution in [-0.2, 0) is 19.5 Å². The standard InChI is InChI=1S/C21H26N8O/c1-13(2)19-23-11-14-12-27(9-10-28(14)19)8-7-17-24-20-15-5-4-6-16(30-3)18(15)25-21(22)29(20)26-17/h4-6,11,13H,7-10,12H2,1-3H3,(H2,22,25). The van der Waals surface area contributed by atoms with Gasteiger partial charge < -0.3 is 15.0 Å². The average molecular weight is 406 g/mol. The number of nitrogens with two attached hydrogens (primary N) is 1. The third-order valence-corrected chi connectivity index (χ3v) is 5.72. The Balaban J connectivity index is 1.37. The Hall–Kier alpha value is -3.20. The first-order chi connectivity index (χ1) is 14.5. The van der Waals surface area contributed by atoms with Crippen LogP contribution in [-0.4, -0.2) is 54.2 Å². The van der Waals surface area contributed by atoms with E-state index in [-0.39, 0.29) is 0 Å². The predicted molar refractivity (Wildman–Crippen MR) is 115 cm³/mol. The number of ether oxygens (including phenoxy) is 1. The second-order valence-corrected chi connectivity index (χ2v) is 8.03. The molecule has 0 amide bonds. The van der Waals surface area contributed by atoms with Crippen LogP contribution < -0.4 is 10.5 Å². The molecule has 0 aliphatic carbocycles. The number of fused-ring (bicyclic) bond motifs is 4. The molecule has 9 nitrogen and oxygen atoms in total. The molecule has 5 rings (SSSR count). The van der Waals surface area contributed by atoms with Gasteiger partial charge in [-0.15, -0.1) is 5.10 Å². The Kier molecular flexibility index (Phi) is 4.54. The van der Waals surface area contributed by atoms with Gasteiger partial charge >= 0.3 is 0 Å². The molecule has 156 valence electrons. The van der Waals surface area contributed by atoms with Crippen molar-refractivity contribution in [2.75, 3.05) is 25.9 Å². The molecule has 0 saturated carbocycles. The lowest BCUT2D eigenvalue weighted by Gasteiger charge is -2.29. The molecule has 0 radical (unpaired) electrons. The number of imidazole rings is 1. The van der Waals surface area contributed by atoms with Gasteiger partial charge in [-0.2, -0.15) is 4.52 Å². The summed E-state index contributed by atoms with van der Waals surface area (Å²) in [6, 6.07) is 5.76. The van der Waals surface area contributed by atoms with Crippen LogP contribution in [0.1, 0.15) is 37.1 Å². The summed E-state index contributed by atoms with van der Waals surface area (Å²) >= 11 is 0. The van der Waals surface area contributed by atoms with Crippen LogP contribution in [0.5, 0.6) is 5.75 Å². The van der Waals surface area contributed by atoms with Gasteiger partial charge in [0.25, 0.3) is 0 Å². The summed E-state index contributed by atoms with van der Waals surface area (Å²) < 4.78 is 9.40. The summed E-state index contributed by atoms with van der Waals surface area (Å²) in [5.74, 6) is 3.37. The zero-order chi connectivity index (χ0) is 20.8. The minimum Gasteiger partial charge on any atom is -0.494 e. The van der Waals surface area contributed by atoms with Gasteiger partial charge in [-0.25, -0.2) is 15.0 Å². The molecule has 1 aliphatic heterocycles. The normalized spacial score (nSPS) is 14.7. The maximum atomic E-state index is 6.15. The Bertz CT molecular complexity index is 1220. The van der Waals surface area contributed by atoms with Gasteiger partial charge in [0.1, 0.15) is 17.1 Å². The van der Waals surface area contributed by atoms with Crippen LogP contribution in [0.3, 0.4) is 0 Å². The molecule has 30 heavy (non-hydrogen) atoms. The minimum absolute atomic E-state index is 0.309. The first kappa shape index (κ1) is 18.8. The quantitative estimate of drug-likeness (QED) is 0.543. The van der Waals surface area contributed by atoms with Crippen molar-refractivity contribution in [3.63, 3.8) is 0 Å². The van der Waals surface area contributed by atoms with Gasteiger partial charge in [0.15, 0.2) is 11.5 Å². The second kappa shape index (κ2) is 7.24. The molecule has 0 bridgehead atoms. The number of para-hydroxylation sites is 1. The monoisotopic (exact) mass is 406 g/mol. The molecule has 2 N–H and O–H groups in total. The van der Waals surface area contributed by atoms with Crippen molar-refractivity contribution < 1.29 is 4.74 Å². The van der Waals surface area contributed by atoms with E-state index in [1.165, 1.54) is 11.5 Å². The van der Waals surface area contributed by atoms with Crippen molar-refractivity contribution in [3.05, 3.63) is 41.7 Å². The van der Waals surface area contributed by atoms with Crippen LogP contribution in [0.4, 0.5) is 5.95 Å². The fraction of sp³-hybridized carbons (Fsp3) is 0.429. The molecular weight excluding hydrogens is 380 g/mol. The van der Waals surface area contributed by atoms with E-state index < -0.39 is 0 Å². The number of hydrogen-bond acceptors (Lipinski definition) is 7. The first-order valence-corrected chi connectivity index (χ1v) is 10.3. The maximum Gasteiger partial charge on any atom is 0.223 e. The number of anilines is 1. The van der Waals surface area contributed by atoms with Crippen molar-refractivity contribution in [3.8, 4) is 5.75 Å². The molecule has 3 aromatic heterocycles. The van der Waals surface area contributed by atoms with Crippen molar-refractivity contribution in [2.24, 2.45) is 0 Å². The number of rotatable bonds is 5. The summed E-state index contributed by atoms with van der Waals surface area (Å²) in [6.45, 7) is 8.14. The first-order valence-electron chi connectivity index (χ1n) is 10.3. The van der Waals surface area contributed by atoms with E-state index in [2.05, 4.69) is 38.4 Å². The summed E-state index contributed by atoms with van der Waals surface area (Å²) in [5, 5.41) is 5.49. The molecule has 0 unspecified atom stereocenters. The lowest BCUT2D eigenvalue weighted by Crippen LogP contribution is -2.35. The Morgan fingerprint density at radius 2 is 2.07 bits per heavy atom. The highest BCUT2D eigenvalue weighted by Gasteiger charge is 2.21. The number of nitrogens with zero attached hydrogens (tertiary/aromatic N) is 7. The van der Waals surface area contributed by atoms with E-state index in [9.17, 15) is 0 Å². The van der Waals surface area contributed by atoms with E-state index in [1.54, 1.807) is 11.6 Å². The zero-order valence-electron chi connectivity index (χ0n) is 17.5. The topological polar surface area (TPSA) is 99.4 Å². The van der Waals surface area contributed by atoms with Gasteiger partial charge in [0.2, 0.25) is 5.95 Å². The smallest absolute Gasteiger partial charge is 0.223 e. The van der Waals surface area contributed by atoms with Crippen molar-refractivity contribution >= 4 is 22.5 Å². The summed E-state index contributed by atoms with van der Waals surface area (Å²) in [4.78, 5) is 16.3. The Morgan fingerprint density at radius 3 is 2.87 bits per heavy atom. The molecule has 9 heteroatoms. The molecule has 0 spiro atoms. The zero-order valence-corrected chi connectivity index (χ0v) is 17.5. The Labute approximate surface area is 174 Å². The number of methoxy groups -OCH3 is 1. The molecule has 1 aromatic carbocycles. The number of nitrogen functional groups attached to an aromatic ring is 1. The maximum absolute atomic E-state index is 6.15. The van der Waals surface area contributed by atoms with E-state index in [0.29, 0.717) is 28.8 Å². The molecule has 0 saturated heterocycles. The van der Waals surface area contributed by atoms with Gasteiger partial charge in [-0.1, -0.05) is 19.9 Å². The third kappa shape index (κ3) is 3.06. The lowest BCUT2D eigenvalue weighted by molar-refractivity contribution is 0.220. The molecule has 4 heterocycles. The highest BCUT2D eigenvalue weighted by Crippen LogP contribution is 2.27. The van der Waals surface area contributed by atoms with Crippen molar-refractivity contribution in [1.29, 1.82) is 0 Å². The Morgan fingerprint density at radius 1 is 1.20 bits per heavy atom. The van der Waals surface area contributed by atoms with Crippen molar-refractivity contribution in [2.45, 2.75) is 39.3 Å². The minimum atomic E-state index is 0.309. The summed E-state index contributed by atoms with van der Waals surface area (Å²) in [7, 11) is 1.63. The van der Waals surface area contributed by atoms with Crippen LogP contribution >= 0.6 is 0 Å². The molecular formula is C21H26N8O. The average Bonchev–Trinajstić information content (AvgIpc) is 3.36. The highest BCUT2D eigenvalue weighted by molar-refractivity contribution is 5.95.